The van der Waals surface area contributed by atoms with E-state index in [0.29, 0.717) is 5.76 Å². The van der Waals surface area contributed by atoms with E-state index in [0.717, 1.165) is 12.1 Å². The van der Waals surface area contributed by atoms with Crippen molar-refractivity contribution < 1.29 is 22.8 Å². The quantitative estimate of drug-likeness (QED) is 0.714. The molecule has 6 nitrogen and oxygen atoms in total. The number of amides is 3. The summed E-state index contributed by atoms with van der Waals surface area (Å²) >= 11 is 0. The van der Waals surface area contributed by atoms with Gasteiger partial charge in [0.05, 0.1) is 19.4 Å². The molecule has 3 amide bonds. The molecular weight excluding hydrogens is 332 g/mol. The van der Waals surface area contributed by atoms with Crippen molar-refractivity contribution in [2.75, 3.05) is 6.54 Å². The van der Waals surface area contributed by atoms with Crippen molar-refractivity contribution in [2.24, 2.45) is 0 Å². The molecule has 0 aliphatic carbocycles. The molecule has 3 N–H and O–H groups in total. The second-order valence-corrected chi connectivity index (χ2v) is 5.49. The average molecular weight is 351 g/mol. The summed E-state index contributed by atoms with van der Waals surface area (Å²) in [5.74, 6) is -1.12. The molecule has 2 rings (SSSR count). The largest absolute Gasteiger partial charge is 0.467 e. The first-order chi connectivity index (χ1) is 12.0. The molecule has 0 aliphatic rings. The van der Waals surface area contributed by atoms with Gasteiger partial charge < -0.3 is 20.4 Å². The van der Waals surface area contributed by atoms with Gasteiger partial charge in [-0.15, -0.1) is 0 Å². The molecular formula is C17H19F2N3O3. The van der Waals surface area contributed by atoms with Crippen LogP contribution in [-0.2, 0) is 17.8 Å². The lowest BCUT2D eigenvalue weighted by Crippen LogP contribution is -2.45. The maximum Gasteiger partial charge on any atom is 0.315 e. The Morgan fingerprint density at radius 3 is 2.48 bits per heavy atom. The first-order valence-electron chi connectivity index (χ1n) is 7.72. The molecule has 134 valence electrons. The lowest BCUT2D eigenvalue weighted by atomic mass is 10.1. The Morgan fingerprint density at radius 1 is 1.12 bits per heavy atom. The van der Waals surface area contributed by atoms with Crippen molar-refractivity contribution in [3.05, 3.63) is 59.6 Å². The fraction of sp³-hybridized carbons (Fsp3) is 0.294. The van der Waals surface area contributed by atoms with Crippen LogP contribution in [0.2, 0.25) is 0 Å². The first-order valence-corrected chi connectivity index (χ1v) is 7.72. The highest BCUT2D eigenvalue weighted by molar-refractivity contribution is 5.83. The molecule has 1 aromatic carbocycles. The molecule has 8 heteroatoms. The smallest absolute Gasteiger partial charge is 0.315 e. The first kappa shape index (κ1) is 18.4. The molecule has 0 radical (unpaired) electrons. The van der Waals surface area contributed by atoms with Crippen LogP contribution < -0.4 is 16.0 Å². The number of urea groups is 1. The zero-order chi connectivity index (χ0) is 18.2. The standard InChI is InChI=1S/C17H19F2N3O3/c1-11(8-13-14(18)5-2-6-15(13)19)22-17(24)21-10-16(23)20-9-12-4-3-7-25-12/h2-7,11H,8-10H2,1H3,(H,20,23)(H2,21,22,24)/t11-/m0/s1. The van der Waals surface area contributed by atoms with Crippen LogP contribution in [0.3, 0.4) is 0 Å². The van der Waals surface area contributed by atoms with Gasteiger partial charge >= 0.3 is 6.03 Å². The SMILES string of the molecule is C[C@@H](Cc1c(F)cccc1F)NC(=O)NCC(=O)NCc1ccco1. The summed E-state index contributed by atoms with van der Waals surface area (Å²) in [5, 5.41) is 7.48. The summed E-state index contributed by atoms with van der Waals surface area (Å²) in [5.41, 5.74) is -0.0912. The number of hydrogen-bond donors (Lipinski definition) is 3. The van der Waals surface area contributed by atoms with Gasteiger partial charge in [-0.1, -0.05) is 6.07 Å². The third-order valence-electron chi connectivity index (χ3n) is 3.40. The number of halogens is 2. The molecule has 0 spiro atoms. The van der Waals surface area contributed by atoms with E-state index in [1.165, 1.54) is 12.3 Å². The van der Waals surface area contributed by atoms with E-state index in [9.17, 15) is 18.4 Å². The van der Waals surface area contributed by atoms with Crippen molar-refractivity contribution >= 4 is 11.9 Å². The number of benzene rings is 1. The maximum atomic E-state index is 13.6. The molecule has 25 heavy (non-hydrogen) atoms. The Labute approximate surface area is 143 Å². The van der Waals surface area contributed by atoms with E-state index in [4.69, 9.17) is 4.42 Å². The molecule has 1 aromatic heterocycles. The highest BCUT2D eigenvalue weighted by Crippen LogP contribution is 2.14. The van der Waals surface area contributed by atoms with Crippen LogP contribution in [0.5, 0.6) is 0 Å². The Balaban J connectivity index is 1.71. The van der Waals surface area contributed by atoms with Gasteiger partial charge in [-0.2, -0.15) is 0 Å². The molecule has 0 bridgehead atoms. The second-order valence-electron chi connectivity index (χ2n) is 5.49. The van der Waals surface area contributed by atoms with Gasteiger partial charge in [0, 0.05) is 11.6 Å². The van der Waals surface area contributed by atoms with Crippen LogP contribution >= 0.6 is 0 Å². The summed E-state index contributed by atoms with van der Waals surface area (Å²) in [6.45, 7) is 1.61. The third kappa shape index (κ3) is 5.91. The Morgan fingerprint density at radius 2 is 1.84 bits per heavy atom. The summed E-state index contributed by atoms with van der Waals surface area (Å²) in [4.78, 5) is 23.4. The molecule has 0 fully saturated rings. The Hall–Kier alpha value is -2.90. The van der Waals surface area contributed by atoms with Crippen molar-refractivity contribution in [3.63, 3.8) is 0 Å². The molecule has 1 atom stereocenters. The van der Waals surface area contributed by atoms with Crippen LogP contribution in [0.25, 0.3) is 0 Å². The van der Waals surface area contributed by atoms with Crippen LogP contribution in [0.1, 0.15) is 18.2 Å². The lowest BCUT2D eigenvalue weighted by molar-refractivity contribution is -0.120. The monoisotopic (exact) mass is 351 g/mol. The lowest BCUT2D eigenvalue weighted by Gasteiger charge is -2.15. The van der Waals surface area contributed by atoms with E-state index in [1.807, 2.05) is 0 Å². The van der Waals surface area contributed by atoms with Crippen LogP contribution in [0, 0.1) is 11.6 Å². The number of nitrogens with one attached hydrogen (secondary N) is 3. The van der Waals surface area contributed by atoms with Gasteiger partial charge in [0.15, 0.2) is 0 Å². The summed E-state index contributed by atoms with van der Waals surface area (Å²) in [6.07, 6.45) is 1.49. The molecule has 0 unspecified atom stereocenters. The zero-order valence-corrected chi connectivity index (χ0v) is 13.6. The van der Waals surface area contributed by atoms with Gasteiger partial charge in [0.25, 0.3) is 0 Å². The van der Waals surface area contributed by atoms with Crippen LogP contribution in [0.4, 0.5) is 13.6 Å². The maximum absolute atomic E-state index is 13.6. The highest BCUT2D eigenvalue weighted by atomic mass is 19.1. The van der Waals surface area contributed by atoms with Gasteiger partial charge in [0.1, 0.15) is 17.4 Å². The molecule has 0 aliphatic heterocycles. The van der Waals surface area contributed by atoms with Gasteiger partial charge in [0.2, 0.25) is 5.91 Å². The number of carbonyl (C=O) groups excluding carboxylic acids is 2. The van der Waals surface area contributed by atoms with Gasteiger partial charge in [-0.25, -0.2) is 13.6 Å². The predicted octanol–water partition coefficient (Wildman–Crippen LogP) is 2.10. The minimum absolute atomic E-state index is 0.00336. The predicted molar refractivity (Wildman–Crippen MR) is 86.6 cm³/mol. The van der Waals surface area contributed by atoms with E-state index in [-0.39, 0.29) is 31.0 Å². The zero-order valence-electron chi connectivity index (χ0n) is 13.6. The van der Waals surface area contributed by atoms with Gasteiger partial charge in [-0.05, 0) is 37.6 Å². The minimum Gasteiger partial charge on any atom is -0.467 e. The van der Waals surface area contributed by atoms with Crippen molar-refractivity contribution in [2.45, 2.75) is 25.9 Å². The summed E-state index contributed by atoms with van der Waals surface area (Å²) in [7, 11) is 0. The van der Waals surface area contributed by atoms with Crippen molar-refractivity contribution in [1.82, 2.24) is 16.0 Å². The van der Waals surface area contributed by atoms with E-state index < -0.39 is 23.7 Å². The number of furan rings is 1. The molecule has 2 aromatic rings. The topological polar surface area (TPSA) is 83.4 Å². The summed E-state index contributed by atoms with van der Waals surface area (Å²) in [6, 6.07) is 5.90. The number of rotatable bonds is 7. The van der Waals surface area contributed by atoms with Gasteiger partial charge in [-0.3, -0.25) is 4.79 Å². The number of carbonyl (C=O) groups is 2. The van der Waals surface area contributed by atoms with Crippen LogP contribution in [0.15, 0.2) is 41.0 Å². The van der Waals surface area contributed by atoms with Crippen LogP contribution in [-0.4, -0.2) is 24.5 Å². The van der Waals surface area contributed by atoms with Crippen molar-refractivity contribution in [1.29, 1.82) is 0 Å². The van der Waals surface area contributed by atoms with E-state index in [2.05, 4.69) is 16.0 Å². The van der Waals surface area contributed by atoms with E-state index >= 15 is 0 Å². The molecule has 0 saturated heterocycles. The third-order valence-corrected chi connectivity index (χ3v) is 3.40. The fourth-order valence-electron chi connectivity index (χ4n) is 2.18. The van der Waals surface area contributed by atoms with E-state index in [1.54, 1.807) is 19.1 Å². The molecule has 0 saturated carbocycles. The fourth-order valence-corrected chi connectivity index (χ4v) is 2.18. The number of hydrogen-bond acceptors (Lipinski definition) is 3. The summed E-state index contributed by atoms with van der Waals surface area (Å²) < 4.78 is 32.2. The second kappa shape index (κ2) is 8.81. The Kier molecular flexibility index (Phi) is 6.50. The Bertz CT molecular complexity index is 700. The molecule has 1 heterocycles. The van der Waals surface area contributed by atoms with Crippen molar-refractivity contribution in [3.8, 4) is 0 Å². The minimum atomic E-state index is -0.661. The normalized spacial score (nSPS) is 11.6. The average Bonchev–Trinajstić information content (AvgIpc) is 3.08. The highest BCUT2D eigenvalue weighted by Gasteiger charge is 2.14.